The first-order valence-corrected chi connectivity index (χ1v) is 5.46. The normalized spacial score (nSPS) is 24.8. The van der Waals surface area contributed by atoms with Crippen LogP contribution in [0.25, 0.3) is 0 Å². The number of piperidine rings is 1. The molecule has 1 atom stereocenters. The minimum atomic E-state index is 0.174. The largest absolute Gasteiger partial charge is 0.493 e. The summed E-state index contributed by atoms with van der Waals surface area (Å²) in [4.78, 5) is 6.44. The molecule has 2 heterocycles. The summed E-state index contributed by atoms with van der Waals surface area (Å²) in [5.74, 6) is 0.706. The second-order valence-corrected chi connectivity index (χ2v) is 4.54. The van der Waals surface area contributed by atoms with Gasteiger partial charge in [0.15, 0.2) is 0 Å². The number of hydrogen-bond acceptors (Lipinski definition) is 4. The SMILES string of the molecule is CN1CCCC(c2nc(O)cs2)C1. The molecule has 1 saturated heterocycles. The molecule has 0 aliphatic carbocycles. The first-order valence-electron chi connectivity index (χ1n) is 4.58. The van der Waals surface area contributed by atoms with Gasteiger partial charge >= 0.3 is 0 Å². The Hall–Kier alpha value is -0.610. The predicted molar refractivity (Wildman–Crippen MR) is 53.3 cm³/mol. The molecule has 1 N–H and O–H groups in total. The Labute approximate surface area is 82.0 Å². The molecule has 1 unspecified atom stereocenters. The summed E-state index contributed by atoms with van der Waals surface area (Å²) < 4.78 is 0. The van der Waals surface area contributed by atoms with E-state index in [1.807, 2.05) is 0 Å². The molecule has 1 aliphatic heterocycles. The number of rotatable bonds is 1. The van der Waals surface area contributed by atoms with E-state index in [-0.39, 0.29) is 5.88 Å². The van der Waals surface area contributed by atoms with Gasteiger partial charge in [-0.1, -0.05) is 0 Å². The first-order chi connectivity index (χ1) is 6.25. The quantitative estimate of drug-likeness (QED) is 0.745. The highest BCUT2D eigenvalue weighted by atomic mass is 32.1. The van der Waals surface area contributed by atoms with Crippen molar-refractivity contribution >= 4 is 11.3 Å². The average Bonchev–Trinajstić information content (AvgIpc) is 2.52. The standard InChI is InChI=1S/C9H14N2OS/c1-11-4-2-3-7(5-11)9-10-8(12)6-13-9/h6-7,12H,2-5H2,1H3. The van der Waals surface area contributed by atoms with Gasteiger partial charge in [-0.15, -0.1) is 11.3 Å². The number of likely N-dealkylation sites (N-methyl/N-ethyl adjacent to an activating group) is 1. The summed E-state index contributed by atoms with van der Waals surface area (Å²) in [5, 5.41) is 11.9. The van der Waals surface area contributed by atoms with Crippen molar-refractivity contribution in [1.29, 1.82) is 0 Å². The average molecular weight is 198 g/mol. The first kappa shape index (κ1) is 8.97. The van der Waals surface area contributed by atoms with E-state index >= 15 is 0 Å². The van der Waals surface area contributed by atoms with Crippen molar-refractivity contribution in [2.75, 3.05) is 20.1 Å². The monoisotopic (exact) mass is 198 g/mol. The van der Waals surface area contributed by atoms with Gasteiger partial charge in [0.2, 0.25) is 5.88 Å². The Morgan fingerprint density at radius 2 is 2.54 bits per heavy atom. The van der Waals surface area contributed by atoms with E-state index in [1.165, 1.54) is 19.4 Å². The minimum Gasteiger partial charge on any atom is -0.493 e. The molecule has 0 radical (unpaired) electrons. The molecule has 0 spiro atoms. The number of likely N-dealkylation sites (tertiary alicyclic amines) is 1. The second-order valence-electron chi connectivity index (χ2n) is 3.65. The van der Waals surface area contributed by atoms with Gasteiger partial charge in [-0.3, -0.25) is 0 Å². The van der Waals surface area contributed by atoms with Crippen LogP contribution >= 0.6 is 11.3 Å². The van der Waals surface area contributed by atoms with Gasteiger partial charge in [0.05, 0.1) is 5.38 Å². The van der Waals surface area contributed by atoms with Gasteiger partial charge in [0, 0.05) is 12.5 Å². The lowest BCUT2D eigenvalue weighted by Crippen LogP contribution is -2.30. The number of aromatic nitrogens is 1. The minimum absolute atomic E-state index is 0.174. The molecule has 4 heteroatoms. The lowest BCUT2D eigenvalue weighted by atomic mass is 9.99. The third-order valence-electron chi connectivity index (χ3n) is 2.48. The fourth-order valence-electron chi connectivity index (χ4n) is 1.83. The molecule has 13 heavy (non-hydrogen) atoms. The highest BCUT2D eigenvalue weighted by Gasteiger charge is 2.21. The number of aromatic hydroxyl groups is 1. The fourth-order valence-corrected chi connectivity index (χ4v) is 2.64. The van der Waals surface area contributed by atoms with Gasteiger partial charge in [0.1, 0.15) is 5.01 Å². The molecule has 72 valence electrons. The van der Waals surface area contributed by atoms with Crippen molar-refractivity contribution in [3.8, 4) is 5.88 Å². The third-order valence-corrected chi connectivity index (χ3v) is 3.48. The van der Waals surface area contributed by atoms with Gasteiger partial charge < -0.3 is 10.0 Å². The Morgan fingerprint density at radius 1 is 1.69 bits per heavy atom. The maximum absolute atomic E-state index is 9.14. The predicted octanol–water partition coefficient (Wildman–Crippen LogP) is 1.66. The van der Waals surface area contributed by atoms with Crippen LogP contribution in [0.2, 0.25) is 0 Å². The molecule has 0 aromatic carbocycles. The van der Waals surface area contributed by atoms with Crippen molar-refractivity contribution in [1.82, 2.24) is 9.88 Å². The molecular weight excluding hydrogens is 184 g/mol. The Balaban J connectivity index is 2.08. The topological polar surface area (TPSA) is 36.4 Å². The Morgan fingerprint density at radius 3 is 3.15 bits per heavy atom. The summed E-state index contributed by atoms with van der Waals surface area (Å²) >= 11 is 1.57. The molecule has 0 saturated carbocycles. The van der Waals surface area contributed by atoms with Crippen molar-refractivity contribution < 1.29 is 5.11 Å². The van der Waals surface area contributed by atoms with Gasteiger partial charge in [-0.25, -0.2) is 4.98 Å². The molecule has 1 fully saturated rings. The highest BCUT2D eigenvalue weighted by molar-refractivity contribution is 7.09. The maximum atomic E-state index is 9.14. The van der Waals surface area contributed by atoms with E-state index in [4.69, 9.17) is 5.11 Å². The smallest absolute Gasteiger partial charge is 0.222 e. The van der Waals surface area contributed by atoms with Crippen LogP contribution < -0.4 is 0 Å². The molecule has 1 aromatic heterocycles. The molecule has 2 rings (SSSR count). The van der Waals surface area contributed by atoms with E-state index in [1.54, 1.807) is 16.7 Å². The zero-order valence-corrected chi connectivity index (χ0v) is 8.55. The molecular formula is C9H14N2OS. The molecule has 3 nitrogen and oxygen atoms in total. The summed E-state index contributed by atoms with van der Waals surface area (Å²) in [7, 11) is 2.14. The van der Waals surface area contributed by atoms with Crippen molar-refractivity contribution in [2.24, 2.45) is 0 Å². The van der Waals surface area contributed by atoms with Crippen molar-refractivity contribution in [3.05, 3.63) is 10.4 Å². The maximum Gasteiger partial charge on any atom is 0.222 e. The van der Waals surface area contributed by atoms with E-state index in [0.717, 1.165) is 11.6 Å². The van der Waals surface area contributed by atoms with Crippen LogP contribution in [-0.4, -0.2) is 35.1 Å². The fraction of sp³-hybridized carbons (Fsp3) is 0.667. The zero-order chi connectivity index (χ0) is 9.26. The molecule has 0 bridgehead atoms. The number of hydrogen-bond donors (Lipinski definition) is 1. The van der Waals surface area contributed by atoms with Crippen molar-refractivity contribution in [2.45, 2.75) is 18.8 Å². The van der Waals surface area contributed by atoms with Crippen LogP contribution in [-0.2, 0) is 0 Å². The van der Waals surface area contributed by atoms with Gasteiger partial charge in [-0.05, 0) is 26.4 Å². The van der Waals surface area contributed by atoms with Gasteiger partial charge in [-0.2, -0.15) is 0 Å². The lowest BCUT2D eigenvalue weighted by molar-refractivity contribution is 0.250. The number of nitrogens with zero attached hydrogens (tertiary/aromatic N) is 2. The molecule has 1 aromatic rings. The van der Waals surface area contributed by atoms with E-state index in [2.05, 4.69) is 16.9 Å². The van der Waals surface area contributed by atoms with Crippen molar-refractivity contribution in [3.63, 3.8) is 0 Å². The van der Waals surface area contributed by atoms with E-state index in [9.17, 15) is 0 Å². The van der Waals surface area contributed by atoms with Crippen LogP contribution in [0.4, 0.5) is 0 Å². The van der Waals surface area contributed by atoms with Gasteiger partial charge in [0.25, 0.3) is 0 Å². The Bertz CT molecular complexity index is 287. The second kappa shape index (κ2) is 3.64. The van der Waals surface area contributed by atoms with Crippen LogP contribution in [0, 0.1) is 0 Å². The molecule has 1 aliphatic rings. The summed E-state index contributed by atoms with van der Waals surface area (Å²) in [6, 6.07) is 0. The lowest BCUT2D eigenvalue weighted by Gasteiger charge is -2.28. The Kier molecular flexibility index (Phi) is 2.51. The highest BCUT2D eigenvalue weighted by Crippen LogP contribution is 2.29. The third kappa shape index (κ3) is 2.00. The van der Waals surface area contributed by atoms with E-state index in [0.29, 0.717) is 5.92 Å². The summed E-state index contributed by atoms with van der Waals surface area (Å²) in [5.41, 5.74) is 0. The molecule has 0 amide bonds. The van der Waals surface area contributed by atoms with Crippen LogP contribution in [0.5, 0.6) is 5.88 Å². The summed E-state index contributed by atoms with van der Waals surface area (Å²) in [6.45, 7) is 2.26. The number of thiazole rings is 1. The summed E-state index contributed by atoms with van der Waals surface area (Å²) in [6.07, 6.45) is 2.44. The zero-order valence-electron chi connectivity index (χ0n) is 7.73. The van der Waals surface area contributed by atoms with Crippen LogP contribution in [0.3, 0.4) is 0 Å². The van der Waals surface area contributed by atoms with E-state index < -0.39 is 0 Å². The van der Waals surface area contributed by atoms with Crippen LogP contribution in [0.1, 0.15) is 23.8 Å². The van der Waals surface area contributed by atoms with Crippen LogP contribution in [0.15, 0.2) is 5.38 Å².